The van der Waals surface area contributed by atoms with Gasteiger partial charge in [-0.3, -0.25) is 4.99 Å². The Kier molecular flexibility index (Phi) is 15.5. The molecular weight excluding hydrogens is 487 g/mol. The van der Waals surface area contributed by atoms with Crippen molar-refractivity contribution in [3.05, 3.63) is 23.8 Å². The number of rotatable bonds is 12. The Bertz CT molecular complexity index is 551. The average molecular weight is 517 g/mol. The largest absolute Gasteiger partial charge is 0.493 e. The van der Waals surface area contributed by atoms with Gasteiger partial charge in [0.2, 0.25) is 0 Å². The summed E-state index contributed by atoms with van der Waals surface area (Å²) in [7, 11) is 1.42. The van der Waals surface area contributed by atoms with Gasteiger partial charge in [0.15, 0.2) is 17.5 Å². The van der Waals surface area contributed by atoms with Gasteiger partial charge < -0.3 is 20.1 Å². The summed E-state index contributed by atoms with van der Waals surface area (Å²) in [5.41, 5.74) is 0.879. The summed E-state index contributed by atoms with van der Waals surface area (Å²) in [6.07, 6.45) is 4.97. The van der Waals surface area contributed by atoms with E-state index in [1.165, 1.54) is 7.11 Å². The SMILES string of the molecule is CCNC(=NCCCCSC)NCCc1ccc(OC)c(OC(F)F)c1.I. The van der Waals surface area contributed by atoms with E-state index in [1.54, 1.807) is 12.1 Å². The van der Waals surface area contributed by atoms with Gasteiger partial charge in [-0.15, -0.1) is 24.0 Å². The quantitative estimate of drug-likeness (QED) is 0.189. The predicted molar refractivity (Wildman–Crippen MR) is 120 cm³/mol. The van der Waals surface area contributed by atoms with Crippen LogP contribution in [0.3, 0.4) is 0 Å². The first-order valence-electron chi connectivity index (χ1n) is 8.73. The molecule has 0 aliphatic heterocycles. The topological polar surface area (TPSA) is 54.9 Å². The Hall–Kier alpha value is -0.970. The summed E-state index contributed by atoms with van der Waals surface area (Å²) in [6.45, 7) is 1.34. The van der Waals surface area contributed by atoms with E-state index in [2.05, 4.69) is 26.6 Å². The van der Waals surface area contributed by atoms with Crippen molar-refractivity contribution in [2.75, 3.05) is 38.8 Å². The van der Waals surface area contributed by atoms with Crippen molar-refractivity contribution in [1.82, 2.24) is 10.6 Å². The van der Waals surface area contributed by atoms with Crippen molar-refractivity contribution < 1.29 is 18.3 Å². The molecular formula is C18H30F2IN3O2S. The maximum absolute atomic E-state index is 12.5. The van der Waals surface area contributed by atoms with Gasteiger partial charge in [-0.2, -0.15) is 20.5 Å². The Morgan fingerprint density at radius 2 is 2.00 bits per heavy atom. The van der Waals surface area contributed by atoms with Crippen LogP contribution in [0.1, 0.15) is 25.3 Å². The van der Waals surface area contributed by atoms with Crippen molar-refractivity contribution >= 4 is 41.7 Å². The molecule has 0 unspecified atom stereocenters. The number of halogens is 3. The second-order valence-electron chi connectivity index (χ2n) is 5.50. The molecule has 0 heterocycles. The third-order valence-corrected chi connectivity index (χ3v) is 4.22. The third-order valence-electron chi connectivity index (χ3n) is 3.52. The first-order valence-corrected chi connectivity index (χ1v) is 10.1. The molecule has 0 spiro atoms. The van der Waals surface area contributed by atoms with Gasteiger partial charge in [0.1, 0.15) is 0 Å². The zero-order valence-corrected chi connectivity index (χ0v) is 19.2. The van der Waals surface area contributed by atoms with Crippen molar-refractivity contribution in [2.24, 2.45) is 4.99 Å². The summed E-state index contributed by atoms with van der Waals surface area (Å²) < 4.78 is 34.5. The number of nitrogens with one attached hydrogen (secondary N) is 2. The first-order chi connectivity index (χ1) is 12.6. The highest BCUT2D eigenvalue weighted by molar-refractivity contribution is 14.0. The summed E-state index contributed by atoms with van der Waals surface area (Å²) in [5, 5.41) is 6.47. The number of ether oxygens (including phenoxy) is 2. The minimum Gasteiger partial charge on any atom is -0.493 e. The summed E-state index contributed by atoms with van der Waals surface area (Å²) in [6, 6.07) is 5.06. The molecule has 0 aliphatic rings. The third kappa shape index (κ3) is 11.5. The Morgan fingerprint density at radius 1 is 1.22 bits per heavy atom. The minimum absolute atomic E-state index is 0. The standard InChI is InChI=1S/C18H29F2N3O2S.HI/c1-4-21-18(22-10-5-6-12-26-3)23-11-9-14-7-8-15(24-2)16(13-14)25-17(19)20;/h7-8,13,17H,4-6,9-12H2,1-3H3,(H2,21,22,23);1H. The Balaban J connectivity index is 0.00000676. The Labute approximate surface area is 182 Å². The molecule has 27 heavy (non-hydrogen) atoms. The lowest BCUT2D eigenvalue weighted by Crippen LogP contribution is -2.38. The highest BCUT2D eigenvalue weighted by atomic mass is 127. The van der Waals surface area contributed by atoms with Crippen LogP contribution in [0.25, 0.3) is 0 Å². The zero-order chi connectivity index (χ0) is 19.2. The normalized spacial score (nSPS) is 11.1. The molecule has 0 aromatic heterocycles. The molecule has 0 saturated carbocycles. The molecule has 0 aliphatic carbocycles. The van der Waals surface area contributed by atoms with Crippen LogP contribution in [0.5, 0.6) is 11.5 Å². The highest BCUT2D eigenvalue weighted by Gasteiger charge is 2.11. The zero-order valence-electron chi connectivity index (χ0n) is 16.1. The fraction of sp³-hybridized carbons (Fsp3) is 0.611. The predicted octanol–water partition coefficient (Wildman–Crippen LogP) is 4.16. The molecule has 0 saturated heterocycles. The van der Waals surface area contributed by atoms with E-state index in [9.17, 15) is 8.78 Å². The lowest BCUT2D eigenvalue weighted by molar-refractivity contribution is -0.0512. The number of methoxy groups -OCH3 is 1. The van der Waals surface area contributed by atoms with E-state index in [0.29, 0.717) is 18.7 Å². The number of benzene rings is 1. The van der Waals surface area contributed by atoms with Gasteiger partial charge in [0.25, 0.3) is 0 Å². The highest BCUT2D eigenvalue weighted by Crippen LogP contribution is 2.29. The van der Waals surface area contributed by atoms with Crippen LogP contribution in [-0.4, -0.2) is 51.3 Å². The van der Waals surface area contributed by atoms with Gasteiger partial charge in [-0.05, 0) is 55.9 Å². The second-order valence-corrected chi connectivity index (χ2v) is 6.49. The second kappa shape index (κ2) is 16.0. The van der Waals surface area contributed by atoms with E-state index >= 15 is 0 Å². The first kappa shape index (κ1) is 26.0. The van der Waals surface area contributed by atoms with Crippen molar-refractivity contribution in [3.63, 3.8) is 0 Å². The molecule has 0 amide bonds. The van der Waals surface area contributed by atoms with Crippen LogP contribution in [-0.2, 0) is 6.42 Å². The van der Waals surface area contributed by atoms with Crippen LogP contribution >= 0.6 is 35.7 Å². The van der Waals surface area contributed by atoms with Crippen LogP contribution in [0, 0.1) is 0 Å². The number of guanidine groups is 1. The van der Waals surface area contributed by atoms with Crippen LogP contribution < -0.4 is 20.1 Å². The fourth-order valence-electron chi connectivity index (χ4n) is 2.28. The number of hydrogen-bond donors (Lipinski definition) is 2. The van der Waals surface area contributed by atoms with E-state index < -0.39 is 6.61 Å². The summed E-state index contributed by atoms with van der Waals surface area (Å²) in [5.74, 6) is 2.27. The molecule has 0 atom stereocenters. The van der Waals surface area contributed by atoms with Crippen molar-refractivity contribution in [2.45, 2.75) is 32.8 Å². The number of alkyl halides is 2. The maximum Gasteiger partial charge on any atom is 0.387 e. The number of thioether (sulfide) groups is 1. The van der Waals surface area contributed by atoms with Gasteiger partial charge in [-0.1, -0.05) is 6.07 Å². The lowest BCUT2D eigenvalue weighted by atomic mass is 10.1. The molecule has 1 rings (SSSR count). The fourth-order valence-corrected chi connectivity index (χ4v) is 2.77. The molecule has 2 N–H and O–H groups in total. The molecule has 156 valence electrons. The summed E-state index contributed by atoms with van der Waals surface area (Å²) in [4.78, 5) is 4.54. The lowest BCUT2D eigenvalue weighted by Gasteiger charge is -2.13. The van der Waals surface area contributed by atoms with Gasteiger partial charge >= 0.3 is 6.61 Å². The number of hydrogen-bond acceptors (Lipinski definition) is 4. The van der Waals surface area contributed by atoms with Crippen molar-refractivity contribution in [3.8, 4) is 11.5 Å². The van der Waals surface area contributed by atoms with E-state index in [-0.39, 0.29) is 29.7 Å². The summed E-state index contributed by atoms with van der Waals surface area (Å²) >= 11 is 1.84. The smallest absolute Gasteiger partial charge is 0.387 e. The van der Waals surface area contributed by atoms with E-state index in [1.807, 2.05) is 24.8 Å². The molecule has 1 aromatic rings. The Morgan fingerprint density at radius 3 is 2.63 bits per heavy atom. The number of nitrogens with zero attached hydrogens (tertiary/aromatic N) is 1. The molecule has 5 nitrogen and oxygen atoms in total. The molecule has 0 fully saturated rings. The van der Waals surface area contributed by atoms with E-state index in [0.717, 1.165) is 43.2 Å². The monoisotopic (exact) mass is 517 g/mol. The molecule has 9 heteroatoms. The van der Waals surface area contributed by atoms with Crippen molar-refractivity contribution in [1.29, 1.82) is 0 Å². The van der Waals surface area contributed by atoms with Crippen LogP contribution in [0.4, 0.5) is 8.78 Å². The average Bonchev–Trinajstić information content (AvgIpc) is 2.61. The minimum atomic E-state index is -2.88. The van der Waals surface area contributed by atoms with Gasteiger partial charge in [0, 0.05) is 19.6 Å². The number of aliphatic imine (C=N–C) groups is 1. The van der Waals surface area contributed by atoms with E-state index in [4.69, 9.17) is 4.74 Å². The molecule has 0 radical (unpaired) electrons. The van der Waals surface area contributed by atoms with Gasteiger partial charge in [-0.25, -0.2) is 0 Å². The maximum atomic E-state index is 12.5. The molecule has 1 aromatic carbocycles. The number of unbranched alkanes of at least 4 members (excludes halogenated alkanes) is 1. The molecule has 0 bridgehead atoms. The van der Waals surface area contributed by atoms with Crippen LogP contribution in [0.2, 0.25) is 0 Å². The van der Waals surface area contributed by atoms with Gasteiger partial charge in [0.05, 0.1) is 7.11 Å². The van der Waals surface area contributed by atoms with Crippen LogP contribution in [0.15, 0.2) is 23.2 Å².